The Bertz CT molecular complexity index is 449. The Morgan fingerprint density at radius 1 is 1.39 bits per heavy atom. The summed E-state index contributed by atoms with van der Waals surface area (Å²) in [6.45, 7) is 1.04. The second kappa shape index (κ2) is 4.72. The first-order valence-electron chi connectivity index (χ1n) is 6.79. The van der Waals surface area contributed by atoms with Gasteiger partial charge in [0.2, 0.25) is 0 Å². The lowest BCUT2D eigenvalue weighted by Gasteiger charge is -2.22. The molecule has 5 heteroatoms. The van der Waals surface area contributed by atoms with Gasteiger partial charge in [-0.15, -0.1) is 0 Å². The largest absolute Gasteiger partial charge is 0.480 e. The van der Waals surface area contributed by atoms with E-state index in [4.69, 9.17) is 0 Å². The van der Waals surface area contributed by atoms with Crippen LogP contribution in [0.4, 0.5) is 0 Å². The van der Waals surface area contributed by atoms with Crippen molar-refractivity contribution in [1.29, 1.82) is 0 Å². The van der Waals surface area contributed by atoms with Crippen molar-refractivity contribution in [3.05, 3.63) is 17.7 Å². The van der Waals surface area contributed by atoms with Crippen molar-refractivity contribution in [1.82, 2.24) is 14.9 Å². The summed E-state index contributed by atoms with van der Waals surface area (Å²) in [7, 11) is 0. The van der Waals surface area contributed by atoms with E-state index in [1.807, 2.05) is 10.8 Å². The summed E-state index contributed by atoms with van der Waals surface area (Å²) in [4.78, 5) is 15.9. The average Bonchev–Trinajstić information content (AvgIpc) is 2.83. The Hall–Kier alpha value is -1.36. The summed E-state index contributed by atoms with van der Waals surface area (Å²) in [5.74, 6) is 0.201. The van der Waals surface area contributed by atoms with Gasteiger partial charge in [-0.25, -0.2) is 9.78 Å². The molecule has 0 bridgehead atoms. The number of hydrogen-bond acceptors (Lipinski definition) is 3. The number of aromatic nitrogens is 2. The predicted octanol–water partition coefficient (Wildman–Crippen LogP) is 1.66. The molecule has 0 saturated carbocycles. The first-order valence-corrected chi connectivity index (χ1v) is 6.79. The standard InChI is InChI=1S/C13H19N3O2/c17-13(18)11-5-3-6-12-15-10(8-16(11)12)9-4-1-2-7-14-9/h8-9,11,14H,1-7H2,(H,17,18). The van der Waals surface area contributed by atoms with Crippen LogP contribution in [0, 0.1) is 0 Å². The molecule has 18 heavy (non-hydrogen) atoms. The number of carboxylic acids is 1. The Morgan fingerprint density at radius 2 is 2.28 bits per heavy atom. The van der Waals surface area contributed by atoms with E-state index in [2.05, 4.69) is 10.3 Å². The Balaban J connectivity index is 1.88. The van der Waals surface area contributed by atoms with Crippen LogP contribution in [0.3, 0.4) is 0 Å². The molecule has 2 aliphatic rings. The highest BCUT2D eigenvalue weighted by Crippen LogP contribution is 2.29. The third kappa shape index (κ3) is 2.03. The number of carboxylic acid groups (broad SMARTS) is 1. The molecule has 1 aromatic heterocycles. The molecule has 1 aromatic rings. The van der Waals surface area contributed by atoms with Gasteiger partial charge in [-0.1, -0.05) is 6.42 Å². The van der Waals surface area contributed by atoms with Crippen LogP contribution < -0.4 is 5.32 Å². The molecular formula is C13H19N3O2. The molecule has 1 saturated heterocycles. The van der Waals surface area contributed by atoms with E-state index in [-0.39, 0.29) is 0 Å². The predicted molar refractivity (Wildman–Crippen MR) is 66.4 cm³/mol. The Labute approximate surface area is 106 Å². The number of fused-ring (bicyclic) bond motifs is 1. The van der Waals surface area contributed by atoms with Crippen LogP contribution in [0.25, 0.3) is 0 Å². The van der Waals surface area contributed by atoms with Gasteiger partial charge < -0.3 is 15.0 Å². The van der Waals surface area contributed by atoms with Crippen molar-refractivity contribution in [3.63, 3.8) is 0 Å². The Kier molecular flexibility index (Phi) is 3.07. The van der Waals surface area contributed by atoms with Crippen LogP contribution >= 0.6 is 0 Å². The summed E-state index contributed by atoms with van der Waals surface area (Å²) < 4.78 is 1.87. The quantitative estimate of drug-likeness (QED) is 0.836. The molecule has 0 spiro atoms. The van der Waals surface area contributed by atoms with Crippen LogP contribution in [0.15, 0.2) is 6.20 Å². The van der Waals surface area contributed by atoms with Crippen molar-refractivity contribution in [2.75, 3.05) is 6.54 Å². The maximum absolute atomic E-state index is 11.2. The number of imidazole rings is 1. The normalized spacial score (nSPS) is 27.8. The molecule has 0 aliphatic carbocycles. The zero-order chi connectivity index (χ0) is 12.5. The zero-order valence-electron chi connectivity index (χ0n) is 10.4. The van der Waals surface area contributed by atoms with Crippen LogP contribution in [-0.2, 0) is 11.2 Å². The highest BCUT2D eigenvalue weighted by molar-refractivity contribution is 5.72. The van der Waals surface area contributed by atoms with E-state index >= 15 is 0 Å². The third-order valence-electron chi connectivity index (χ3n) is 3.99. The van der Waals surface area contributed by atoms with Gasteiger partial charge in [0, 0.05) is 12.6 Å². The topological polar surface area (TPSA) is 67.2 Å². The lowest BCUT2D eigenvalue weighted by atomic mass is 10.0. The van der Waals surface area contributed by atoms with E-state index in [0.29, 0.717) is 6.04 Å². The molecule has 2 N–H and O–H groups in total. The molecule has 5 nitrogen and oxygen atoms in total. The number of rotatable bonds is 2. The molecule has 2 aliphatic heterocycles. The fraction of sp³-hybridized carbons (Fsp3) is 0.692. The van der Waals surface area contributed by atoms with Crippen molar-refractivity contribution in [2.24, 2.45) is 0 Å². The van der Waals surface area contributed by atoms with E-state index in [1.54, 1.807) is 0 Å². The monoisotopic (exact) mass is 249 g/mol. The van der Waals surface area contributed by atoms with E-state index in [9.17, 15) is 9.90 Å². The fourth-order valence-electron chi connectivity index (χ4n) is 3.01. The van der Waals surface area contributed by atoms with E-state index in [1.165, 1.54) is 12.8 Å². The zero-order valence-corrected chi connectivity index (χ0v) is 10.4. The lowest BCUT2D eigenvalue weighted by molar-refractivity contribution is -0.141. The molecule has 2 unspecified atom stereocenters. The summed E-state index contributed by atoms with van der Waals surface area (Å²) in [6, 6.07) is -0.107. The SMILES string of the molecule is O=C(O)C1CCCc2nc(C3CCCCN3)cn21. The number of aryl methyl sites for hydroxylation is 1. The van der Waals surface area contributed by atoms with Crippen LogP contribution in [0.2, 0.25) is 0 Å². The van der Waals surface area contributed by atoms with Crippen LogP contribution in [0.5, 0.6) is 0 Å². The molecule has 1 fully saturated rings. The van der Waals surface area contributed by atoms with Gasteiger partial charge in [-0.05, 0) is 32.2 Å². The van der Waals surface area contributed by atoms with Crippen LogP contribution in [0.1, 0.15) is 55.7 Å². The lowest BCUT2D eigenvalue weighted by Crippen LogP contribution is -2.27. The number of carbonyl (C=O) groups is 1. The number of piperidine rings is 1. The van der Waals surface area contributed by atoms with Gasteiger partial charge in [0.25, 0.3) is 0 Å². The molecule has 0 aromatic carbocycles. The number of aliphatic carboxylic acids is 1. The number of nitrogens with zero attached hydrogens (tertiary/aromatic N) is 2. The van der Waals surface area contributed by atoms with E-state index < -0.39 is 12.0 Å². The average molecular weight is 249 g/mol. The highest BCUT2D eigenvalue weighted by Gasteiger charge is 2.28. The minimum Gasteiger partial charge on any atom is -0.480 e. The first-order chi connectivity index (χ1) is 8.75. The molecule has 98 valence electrons. The smallest absolute Gasteiger partial charge is 0.326 e. The van der Waals surface area contributed by atoms with Crippen molar-refractivity contribution in [3.8, 4) is 0 Å². The second-order valence-corrected chi connectivity index (χ2v) is 5.24. The molecule has 3 heterocycles. The number of hydrogen-bond donors (Lipinski definition) is 2. The summed E-state index contributed by atoms with van der Waals surface area (Å²) in [5.41, 5.74) is 1.03. The van der Waals surface area contributed by atoms with Crippen molar-refractivity contribution in [2.45, 2.75) is 50.6 Å². The van der Waals surface area contributed by atoms with Crippen molar-refractivity contribution >= 4 is 5.97 Å². The number of nitrogens with one attached hydrogen (secondary N) is 1. The molecule has 3 rings (SSSR count). The maximum atomic E-state index is 11.2. The fourth-order valence-corrected chi connectivity index (χ4v) is 3.01. The van der Waals surface area contributed by atoms with Crippen molar-refractivity contribution < 1.29 is 9.90 Å². The maximum Gasteiger partial charge on any atom is 0.326 e. The van der Waals surface area contributed by atoms with Gasteiger partial charge in [0.05, 0.1) is 11.7 Å². The van der Waals surface area contributed by atoms with Crippen LogP contribution in [-0.4, -0.2) is 27.2 Å². The summed E-state index contributed by atoms with van der Waals surface area (Å²) in [5, 5.41) is 12.7. The summed E-state index contributed by atoms with van der Waals surface area (Å²) >= 11 is 0. The second-order valence-electron chi connectivity index (χ2n) is 5.24. The van der Waals surface area contributed by atoms with Gasteiger partial charge in [-0.3, -0.25) is 0 Å². The van der Waals surface area contributed by atoms with E-state index in [0.717, 1.165) is 43.7 Å². The van der Waals surface area contributed by atoms with Gasteiger partial charge in [-0.2, -0.15) is 0 Å². The van der Waals surface area contributed by atoms with Gasteiger partial charge >= 0.3 is 5.97 Å². The molecule has 0 amide bonds. The molecule has 0 radical (unpaired) electrons. The van der Waals surface area contributed by atoms with Gasteiger partial charge in [0.1, 0.15) is 11.9 Å². The first kappa shape index (κ1) is 11.7. The Morgan fingerprint density at radius 3 is 3.00 bits per heavy atom. The van der Waals surface area contributed by atoms with Gasteiger partial charge in [0.15, 0.2) is 0 Å². The third-order valence-corrected chi connectivity index (χ3v) is 3.99. The minimum atomic E-state index is -0.739. The molecule has 2 atom stereocenters. The minimum absolute atomic E-state index is 0.311. The summed E-state index contributed by atoms with van der Waals surface area (Å²) in [6.07, 6.45) is 8.05. The highest BCUT2D eigenvalue weighted by atomic mass is 16.4. The molecular weight excluding hydrogens is 230 g/mol.